The standard InChI is InChI=1S/C29H30FN7O/c1-4-27(28-33-34-35-37(28)17-21-7-9-24(30)10-8-21)36(16-22-6-5-11-31-15-22)18-23-14-25-20(3)12-19(2)13-26(25)32-29(23)38/h5-15,27H,4,16-18H2,1-3H3,(H,32,38). The van der Waals surface area contributed by atoms with Crippen LogP contribution in [-0.4, -0.2) is 35.1 Å². The Morgan fingerprint density at radius 3 is 2.61 bits per heavy atom. The molecule has 0 bridgehead atoms. The number of H-pyrrole nitrogens is 1. The maximum absolute atomic E-state index is 13.4. The monoisotopic (exact) mass is 511 g/mol. The van der Waals surface area contributed by atoms with E-state index in [1.54, 1.807) is 23.0 Å². The Morgan fingerprint density at radius 2 is 1.87 bits per heavy atom. The molecule has 3 heterocycles. The van der Waals surface area contributed by atoms with E-state index in [-0.39, 0.29) is 17.4 Å². The maximum Gasteiger partial charge on any atom is 0.252 e. The number of aryl methyl sites for hydroxylation is 2. The van der Waals surface area contributed by atoms with E-state index < -0.39 is 0 Å². The summed E-state index contributed by atoms with van der Waals surface area (Å²) in [5, 5.41) is 13.6. The van der Waals surface area contributed by atoms with E-state index >= 15 is 0 Å². The summed E-state index contributed by atoms with van der Waals surface area (Å²) in [6.45, 7) is 7.53. The van der Waals surface area contributed by atoms with Crippen molar-refractivity contribution < 1.29 is 4.39 Å². The molecule has 0 spiro atoms. The van der Waals surface area contributed by atoms with Gasteiger partial charge in [-0.15, -0.1) is 5.10 Å². The third-order valence-electron chi connectivity index (χ3n) is 6.80. The average Bonchev–Trinajstić information content (AvgIpc) is 3.35. The molecule has 3 aromatic heterocycles. The molecule has 1 atom stereocenters. The summed E-state index contributed by atoms with van der Waals surface area (Å²) < 4.78 is 15.2. The van der Waals surface area contributed by atoms with Crippen molar-refractivity contribution in [3.05, 3.63) is 117 Å². The first-order valence-electron chi connectivity index (χ1n) is 12.7. The molecule has 8 nitrogen and oxygen atoms in total. The zero-order valence-corrected chi connectivity index (χ0v) is 21.7. The van der Waals surface area contributed by atoms with E-state index in [0.717, 1.165) is 33.2 Å². The van der Waals surface area contributed by atoms with Crippen molar-refractivity contribution in [3.63, 3.8) is 0 Å². The van der Waals surface area contributed by atoms with Gasteiger partial charge in [-0.2, -0.15) is 0 Å². The summed E-state index contributed by atoms with van der Waals surface area (Å²) in [6.07, 6.45) is 4.29. The molecule has 0 saturated carbocycles. The lowest BCUT2D eigenvalue weighted by Crippen LogP contribution is -2.32. The SMILES string of the molecule is CCC(c1nnnn1Cc1ccc(F)cc1)N(Cc1cccnc1)Cc1cc2c(C)cc(C)cc2[nH]c1=O. The third-order valence-corrected chi connectivity index (χ3v) is 6.80. The molecule has 5 aromatic rings. The van der Waals surface area contributed by atoms with Gasteiger partial charge in [0.2, 0.25) is 0 Å². The van der Waals surface area contributed by atoms with Crippen LogP contribution in [0.4, 0.5) is 4.39 Å². The van der Waals surface area contributed by atoms with E-state index in [1.807, 2.05) is 37.4 Å². The highest BCUT2D eigenvalue weighted by Gasteiger charge is 2.26. The van der Waals surface area contributed by atoms with Gasteiger partial charge < -0.3 is 4.98 Å². The highest BCUT2D eigenvalue weighted by atomic mass is 19.1. The zero-order valence-electron chi connectivity index (χ0n) is 21.7. The summed E-state index contributed by atoms with van der Waals surface area (Å²) >= 11 is 0. The van der Waals surface area contributed by atoms with Crippen molar-refractivity contribution in [1.82, 2.24) is 35.1 Å². The first-order chi connectivity index (χ1) is 18.4. The molecule has 0 aliphatic heterocycles. The Balaban J connectivity index is 1.52. The van der Waals surface area contributed by atoms with Gasteiger partial charge in [-0.25, -0.2) is 9.07 Å². The normalized spacial score (nSPS) is 12.3. The van der Waals surface area contributed by atoms with E-state index in [4.69, 9.17) is 0 Å². The minimum Gasteiger partial charge on any atom is -0.322 e. The fourth-order valence-corrected chi connectivity index (χ4v) is 4.98. The molecular weight excluding hydrogens is 481 g/mol. The van der Waals surface area contributed by atoms with Crippen LogP contribution in [0.5, 0.6) is 0 Å². The van der Waals surface area contributed by atoms with Gasteiger partial charge >= 0.3 is 0 Å². The van der Waals surface area contributed by atoms with Crippen molar-refractivity contribution >= 4 is 10.9 Å². The molecule has 0 radical (unpaired) electrons. The number of nitrogens with one attached hydrogen (secondary N) is 1. The van der Waals surface area contributed by atoms with Gasteiger partial charge in [0.15, 0.2) is 5.82 Å². The van der Waals surface area contributed by atoms with Crippen LogP contribution in [0.1, 0.15) is 53.0 Å². The number of fused-ring (bicyclic) bond motifs is 1. The lowest BCUT2D eigenvalue weighted by molar-refractivity contribution is 0.161. The average molecular weight is 512 g/mol. The molecule has 38 heavy (non-hydrogen) atoms. The second-order valence-corrected chi connectivity index (χ2v) is 9.68. The predicted molar refractivity (Wildman–Crippen MR) is 144 cm³/mol. The first-order valence-corrected chi connectivity index (χ1v) is 12.7. The Labute approximate surface area is 220 Å². The smallest absolute Gasteiger partial charge is 0.252 e. The molecule has 0 fully saturated rings. The number of halogens is 1. The van der Waals surface area contributed by atoms with Crippen LogP contribution in [0.3, 0.4) is 0 Å². The Kier molecular flexibility index (Phi) is 7.37. The molecule has 194 valence electrons. The van der Waals surface area contributed by atoms with Crippen molar-refractivity contribution in [2.75, 3.05) is 0 Å². The summed E-state index contributed by atoms with van der Waals surface area (Å²) in [4.78, 5) is 22.8. The van der Waals surface area contributed by atoms with Crippen LogP contribution in [0.15, 0.2) is 71.8 Å². The van der Waals surface area contributed by atoms with Crippen molar-refractivity contribution in [2.24, 2.45) is 0 Å². The number of benzene rings is 2. The number of pyridine rings is 2. The van der Waals surface area contributed by atoms with Crippen LogP contribution < -0.4 is 5.56 Å². The Morgan fingerprint density at radius 1 is 1.05 bits per heavy atom. The largest absolute Gasteiger partial charge is 0.322 e. The number of tetrazole rings is 1. The van der Waals surface area contributed by atoms with Crippen molar-refractivity contribution in [1.29, 1.82) is 0 Å². The quantitative estimate of drug-likeness (QED) is 0.304. The molecule has 2 aromatic carbocycles. The highest BCUT2D eigenvalue weighted by Crippen LogP contribution is 2.27. The van der Waals surface area contributed by atoms with Gasteiger partial charge in [0.25, 0.3) is 5.56 Å². The number of hydrogen-bond donors (Lipinski definition) is 1. The van der Waals surface area contributed by atoms with E-state index in [1.165, 1.54) is 12.1 Å². The van der Waals surface area contributed by atoms with Crippen LogP contribution in [0.25, 0.3) is 10.9 Å². The molecule has 5 rings (SSSR count). The second kappa shape index (κ2) is 11.0. The summed E-state index contributed by atoms with van der Waals surface area (Å²) in [6, 6.07) is 16.2. The van der Waals surface area contributed by atoms with Crippen LogP contribution >= 0.6 is 0 Å². The minimum atomic E-state index is -0.286. The van der Waals surface area contributed by atoms with Crippen molar-refractivity contribution in [2.45, 2.75) is 52.9 Å². The van der Waals surface area contributed by atoms with E-state index in [2.05, 4.69) is 50.3 Å². The highest BCUT2D eigenvalue weighted by molar-refractivity contribution is 5.83. The number of rotatable bonds is 9. The predicted octanol–water partition coefficient (Wildman–Crippen LogP) is 4.87. The molecule has 1 unspecified atom stereocenters. The number of aromatic amines is 1. The van der Waals surface area contributed by atoms with E-state index in [0.29, 0.717) is 37.4 Å². The molecule has 1 N–H and O–H groups in total. The minimum absolute atomic E-state index is 0.112. The van der Waals surface area contributed by atoms with Crippen LogP contribution in [0.2, 0.25) is 0 Å². The Hall–Kier alpha value is -4.24. The topological polar surface area (TPSA) is 92.6 Å². The molecule has 9 heteroatoms. The van der Waals surface area contributed by atoms with Gasteiger partial charge in [0, 0.05) is 41.9 Å². The molecule has 0 saturated heterocycles. The van der Waals surface area contributed by atoms with Crippen LogP contribution in [0, 0.1) is 19.7 Å². The number of hydrogen-bond acceptors (Lipinski definition) is 6. The summed E-state index contributed by atoms with van der Waals surface area (Å²) in [5.41, 5.74) is 5.54. The van der Waals surface area contributed by atoms with Crippen molar-refractivity contribution in [3.8, 4) is 0 Å². The fraction of sp³-hybridized carbons (Fsp3) is 0.276. The summed E-state index contributed by atoms with van der Waals surface area (Å²) in [7, 11) is 0. The third kappa shape index (κ3) is 5.52. The maximum atomic E-state index is 13.4. The second-order valence-electron chi connectivity index (χ2n) is 9.68. The Bertz CT molecular complexity index is 1600. The van der Waals surface area contributed by atoms with Gasteiger partial charge in [0.1, 0.15) is 5.82 Å². The van der Waals surface area contributed by atoms with Gasteiger partial charge in [-0.05, 0) is 83.3 Å². The van der Waals surface area contributed by atoms with Gasteiger partial charge in [-0.1, -0.05) is 31.2 Å². The number of aromatic nitrogens is 6. The molecule has 0 amide bonds. The lowest BCUT2D eigenvalue weighted by Gasteiger charge is -2.30. The molecule has 0 aliphatic carbocycles. The van der Waals surface area contributed by atoms with Gasteiger partial charge in [0.05, 0.1) is 12.6 Å². The van der Waals surface area contributed by atoms with Gasteiger partial charge in [-0.3, -0.25) is 14.7 Å². The fourth-order valence-electron chi connectivity index (χ4n) is 4.98. The number of nitrogens with zero attached hydrogens (tertiary/aromatic N) is 6. The summed E-state index contributed by atoms with van der Waals surface area (Å²) in [5.74, 6) is 0.399. The van der Waals surface area contributed by atoms with E-state index in [9.17, 15) is 9.18 Å². The lowest BCUT2D eigenvalue weighted by atomic mass is 10.0. The van der Waals surface area contributed by atoms with Crippen LogP contribution in [-0.2, 0) is 19.6 Å². The zero-order chi connectivity index (χ0) is 26.6. The first kappa shape index (κ1) is 25.4. The molecule has 0 aliphatic rings. The molecular formula is C29H30FN7O.